The molecular weight excluding hydrogens is 328 g/mol. The Labute approximate surface area is 134 Å². The fourth-order valence-electron chi connectivity index (χ4n) is 2.73. The van der Waals surface area contributed by atoms with Gasteiger partial charge in [-0.05, 0) is 30.2 Å². The molecule has 2 aromatic rings. The maximum atomic E-state index is 14.0. The second kappa shape index (κ2) is 5.77. The van der Waals surface area contributed by atoms with Crippen LogP contribution in [-0.4, -0.2) is 22.9 Å². The summed E-state index contributed by atoms with van der Waals surface area (Å²) in [7, 11) is 0. The lowest BCUT2D eigenvalue weighted by Crippen LogP contribution is -2.56. The Morgan fingerprint density at radius 3 is 2.62 bits per heavy atom. The third-order valence-electron chi connectivity index (χ3n) is 4.03. The summed E-state index contributed by atoms with van der Waals surface area (Å²) in [6.45, 7) is 0. The van der Waals surface area contributed by atoms with E-state index in [4.69, 9.17) is 10.5 Å². The van der Waals surface area contributed by atoms with Crippen LogP contribution in [0.25, 0.3) is 11.1 Å². The van der Waals surface area contributed by atoms with Gasteiger partial charge in [0.1, 0.15) is 11.6 Å². The molecule has 2 N–H and O–H groups in total. The predicted molar refractivity (Wildman–Crippen MR) is 76.5 cm³/mol. The van der Waals surface area contributed by atoms with Crippen molar-refractivity contribution in [2.75, 3.05) is 0 Å². The van der Waals surface area contributed by atoms with Crippen molar-refractivity contribution in [1.29, 1.82) is 0 Å². The van der Waals surface area contributed by atoms with E-state index >= 15 is 0 Å². The fourth-order valence-corrected chi connectivity index (χ4v) is 2.73. The van der Waals surface area contributed by atoms with Gasteiger partial charge in [0.2, 0.25) is 11.5 Å². The highest BCUT2D eigenvalue weighted by Gasteiger charge is 2.51. The highest BCUT2D eigenvalue weighted by Crippen LogP contribution is 2.40. The molecule has 4 nitrogen and oxygen atoms in total. The molecular formula is C16H12F4N2O2. The molecule has 1 aliphatic rings. The Kier molecular flexibility index (Phi) is 3.90. The number of nitrogens with two attached hydrogens (primary N) is 1. The van der Waals surface area contributed by atoms with Crippen molar-refractivity contribution in [2.24, 2.45) is 5.73 Å². The zero-order valence-corrected chi connectivity index (χ0v) is 12.2. The molecule has 1 aromatic heterocycles. The van der Waals surface area contributed by atoms with Gasteiger partial charge >= 0.3 is 0 Å². The molecule has 1 aliphatic heterocycles. The van der Waals surface area contributed by atoms with E-state index in [-0.39, 0.29) is 24.3 Å². The number of nitrogens with zero attached hydrogens (tertiary/aromatic N) is 1. The quantitative estimate of drug-likeness (QED) is 0.874. The second-order valence-electron chi connectivity index (χ2n) is 5.42. The molecule has 0 fully saturated rings. The number of alkyl halides is 2. The van der Waals surface area contributed by atoms with Crippen LogP contribution >= 0.6 is 0 Å². The highest BCUT2D eigenvalue weighted by atomic mass is 19.3. The van der Waals surface area contributed by atoms with Gasteiger partial charge in [-0.1, -0.05) is 0 Å². The first-order valence-electron chi connectivity index (χ1n) is 7.05. The molecule has 1 aromatic carbocycles. The van der Waals surface area contributed by atoms with E-state index in [1.807, 2.05) is 0 Å². The van der Waals surface area contributed by atoms with E-state index in [1.54, 1.807) is 0 Å². The molecule has 0 saturated heterocycles. The molecule has 1 atom stereocenters. The van der Waals surface area contributed by atoms with Gasteiger partial charge in [-0.25, -0.2) is 22.5 Å². The van der Waals surface area contributed by atoms with Gasteiger partial charge in [-0.3, -0.25) is 4.79 Å². The number of fused-ring (bicyclic) bond motifs is 1. The number of carbonyl (C=O) groups excluding carboxylic acids is 1. The first kappa shape index (κ1) is 16.2. The number of aromatic nitrogens is 1. The Bertz CT molecular complexity index is 813. The van der Waals surface area contributed by atoms with Gasteiger partial charge < -0.3 is 10.5 Å². The highest BCUT2D eigenvalue weighted by molar-refractivity contribution is 5.85. The topological polar surface area (TPSA) is 65.2 Å². The van der Waals surface area contributed by atoms with Crippen LogP contribution in [0.1, 0.15) is 12.0 Å². The van der Waals surface area contributed by atoms with Gasteiger partial charge in [-0.2, -0.15) is 0 Å². The third kappa shape index (κ3) is 2.47. The number of pyridine rings is 1. The minimum Gasteiger partial charge on any atom is -0.454 e. The number of amides is 1. The summed E-state index contributed by atoms with van der Waals surface area (Å²) < 4.78 is 58.8. The first-order chi connectivity index (χ1) is 11.3. The summed E-state index contributed by atoms with van der Waals surface area (Å²) in [5.41, 5.74) is 3.40. The van der Waals surface area contributed by atoms with Crippen molar-refractivity contribution in [3.63, 3.8) is 0 Å². The van der Waals surface area contributed by atoms with Crippen molar-refractivity contribution in [3.05, 3.63) is 47.7 Å². The molecule has 126 valence electrons. The Hall–Kier alpha value is -2.64. The van der Waals surface area contributed by atoms with Crippen molar-refractivity contribution < 1.29 is 27.1 Å². The number of hydrogen-bond acceptors (Lipinski definition) is 3. The summed E-state index contributed by atoms with van der Waals surface area (Å²) in [6.07, 6.45) is -2.27. The maximum Gasteiger partial charge on any atom is 0.286 e. The summed E-state index contributed by atoms with van der Waals surface area (Å²) in [5, 5.41) is 0. The van der Waals surface area contributed by atoms with Crippen LogP contribution in [0.15, 0.2) is 30.5 Å². The Balaban J connectivity index is 2.09. The summed E-state index contributed by atoms with van der Waals surface area (Å²) >= 11 is 0. The van der Waals surface area contributed by atoms with E-state index in [9.17, 15) is 22.4 Å². The summed E-state index contributed by atoms with van der Waals surface area (Å²) in [6, 6.07) is 4.52. The SMILES string of the molecule is NC(=O)[C@]1(C(F)F)CCc2c(-c3ccc(F)cc3F)ccnc2O1. The van der Waals surface area contributed by atoms with Crippen LogP contribution in [0.5, 0.6) is 5.88 Å². The zero-order valence-electron chi connectivity index (χ0n) is 12.2. The molecule has 1 amide bonds. The lowest BCUT2D eigenvalue weighted by molar-refractivity contribution is -0.152. The predicted octanol–water partition coefficient (Wildman–Crippen LogP) is 2.84. The van der Waals surface area contributed by atoms with Crippen molar-refractivity contribution in [1.82, 2.24) is 4.98 Å². The van der Waals surface area contributed by atoms with Gasteiger partial charge in [-0.15, -0.1) is 0 Å². The molecule has 0 radical (unpaired) electrons. The van der Waals surface area contributed by atoms with Crippen LogP contribution in [-0.2, 0) is 11.2 Å². The largest absolute Gasteiger partial charge is 0.454 e. The smallest absolute Gasteiger partial charge is 0.286 e. The average Bonchev–Trinajstić information content (AvgIpc) is 2.53. The number of benzene rings is 1. The minimum absolute atomic E-state index is 0.0113. The lowest BCUT2D eigenvalue weighted by Gasteiger charge is -2.35. The van der Waals surface area contributed by atoms with E-state index in [0.717, 1.165) is 12.1 Å². The monoisotopic (exact) mass is 340 g/mol. The van der Waals surface area contributed by atoms with E-state index in [2.05, 4.69) is 4.98 Å². The fraction of sp³-hybridized carbons (Fsp3) is 0.250. The van der Waals surface area contributed by atoms with E-state index in [1.165, 1.54) is 18.3 Å². The number of rotatable bonds is 3. The summed E-state index contributed by atoms with van der Waals surface area (Å²) in [4.78, 5) is 15.3. The number of halogens is 4. The standard InChI is InChI=1S/C16H12F4N2O2/c17-8-1-2-10(12(18)7-8)9-4-6-22-13-11(9)3-5-16(24-13,14(19)20)15(21)23/h1-2,4,6-7,14H,3,5H2,(H2,21,23)/t16-/m1/s1. The molecule has 0 saturated carbocycles. The Morgan fingerprint density at radius 1 is 1.25 bits per heavy atom. The lowest BCUT2D eigenvalue weighted by atomic mass is 9.88. The first-order valence-corrected chi connectivity index (χ1v) is 7.05. The number of primary amides is 1. The van der Waals surface area contributed by atoms with Crippen LogP contribution in [0, 0.1) is 11.6 Å². The zero-order chi connectivity index (χ0) is 17.5. The normalized spacial score (nSPS) is 19.7. The molecule has 0 bridgehead atoms. The molecule has 2 heterocycles. The van der Waals surface area contributed by atoms with Crippen LogP contribution in [0.4, 0.5) is 17.6 Å². The van der Waals surface area contributed by atoms with Crippen molar-refractivity contribution >= 4 is 5.91 Å². The van der Waals surface area contributed by atoms with Gasteiger partial charge in [0.15, 0.2) is 0 Å². The molecule has 0 aliphatic carbocycles. The van der Waals surface area contributed by atoms with E-state index in [0.29, 0.717) is 11.1 Å². The summed E-state index contributed by atoms with van der Waals surface area (Å²) in [5.74, 6) is -3.03. The number of carbonyl (C=O) groups is 1. The van der Waals surface area contributed by atoms with Crippen LogP contribution < -0.4 is 10.5 Å². The number of hydrogen-bond donors (Lipinski definition) is 1. The van der Waals surface area contributed by atoms with Gasteiger partial charge in [0.25, 0.3) is 12.3 Å². The molecule has 3 rings (SSSR count). The number of ether oxygens (including phenoxy) is 1. The average molecular weight is 340 g/mol. The van der Waals surface area contributed by atoms with Gasteiger partial charge in [0.05, 0.1) is 0 Å². The van der Waals surface area contributed by atoms with Crippen LogP contribution in [0.2, 0.25) is 0 Å². The second-order valence-corrected chi connectivity index (χ2v) is 5.42. The molecule has 24 heavy (non-hydrogen) atoms. The molecule has 8 heteroatoms. The third-order valence-corrected chi connectivity index (χ3v) is 4.03. The van der Waals surface area contributed by atoms with Crippen LogP contribution in [0.3, 0.4) is 0 Å². The van der Waals surface area contributed by atoms with Crippen molar-refractivity contribution in [2.45, 2.75) is 24.9 Å². The molecule has 0 spiro atoms. The van der Waals surface area contributed by atoms with Crippen molar-refractivity contribution in [3.8, 4) is 17.0 Å². The van der Waals surface area contributed by atoms with E-state index < -0.39 is 29.6 Å². The van der Waals surface area contributed by atoms with Gasteiger partial charge in [0, 0.05) is 29.8 Å². The Morgan fingerprint density at radius 2 is 2.00 bits per heavy atom. The maximum absolute atomic E-state index is 14.0. The minimum atomic E-state index is -3.13. The molecule has 0 unspecified atom stereocenters.